The minimum Gasteiger partial charge on any atom is -0.504 e. The van der Waals surface area contributed by atoms with Gasteiger partial charge in [-0.05, 0) is 18.2 Å². The first kappa shape index (κ1) is 43.3. The van der Waals surface area contributed by atoms with Crippen LogP contribution >= 0.6 is 0 Å². The molecule has 6 rings (SSSR count). The van der Waals surface area contributed by atoms with E-state index in [9.17, 15) is 66.1 Å². The molecule has 0 radical (unpaired) electrons. The fourth-order valence-corrected chi connectivity index (χ4v) is 6.69. The Morgan fingerprint density at radius 1 is 0.707 bits per heavy atom. The van der Waals surface area contributed by atoms with Crippen LogP contribution in [0.2, 0.25) is 0 Å². The van der Waals surface area contributed by atoms with Crippen LogP contribution in [0.25, 0.3) is 22.3 Å². The molecule has 322 valence electrons. The van der Waals surface area contributed by atoms with Crippen molar-refractivity contribution >= 4 is 11.0 Å². The lowest BCUT2D eigenvalue weighted by atomic mass is 9.97. The first-order valence-electron chi connectivity index (χ1n) is 17.5. The van der Waals surface area contributed by atoms with E-state index in [2.05, 4.69) is 0 Å². The minimum atomic E-state index is -2.15. The fraction of sp³-hybridized carbons (Fsp3) is 0.571. The van der Waals surface area contributed by atoms with Gasteiger partial charge in [0.1, 0.15) is 72.5 Å². The van der Waals surface area contributed by atoms with E-state index in [0.717, 1.165) is 14.2 Å². The zero-order chi connectivity index (χ0) is 42.3. The number of phenolic OH excluding ortho intramolecular Hbond substituents is 3. The van der Waals surface area contributed by atoms with Gasteiger partial charge in [0.05, 0.1) is 41.2 Å². The molecule has 3 aromatic rings. The smallest absolute Gasteiger partial charge is 0.239 e. The highest BCUT2D eigenvalue weighted by Crippen LogP contribution is 2.51. The van der Waals surface area contributed by atoms with E-state index in [4.69, 9.17) is 47.0 Å². The third kappa shape index (κ3) is 7.78. The second-order valence-corrected chi connectivity index (χ2v) is 13.5. The van der Waals surface area contributed by atoms with Crippen molar-refractivity contribution < 1.29 is 108 Å². The molecule has 14 atom stereocenters. The van der Waals surface area contributed by atoms with Gasteiger partial charge in [-0.15, -0.1) is 0 Å². The van der Waals surface area contributed by atoms with Gasteiger partial charge in [0.15, 0.2) is 41.2 Å². The summed E-state index contributed by atoms with van der Waals surface area (Å²) in [5.74, 6) is -4.51. The third-order valence-corrected chi connectivity index (χ3v) is 9.90. The molecule has 3 aliphatic rings. The van der Waals surface area contributed by atoms with Crippen molar-refractivity contribution in [3.05, 3.63) is 28.4 Å². The molecule has 3 aliphatic heterocycles. The Morgan fingerprint density at radius 2 is 1.38 bits per heavy atom. The van der Waals surface area contributed by atoms with E-state index >= 15 is 0 Å². The quantitative estimate of drug-likeness (QED) is 0.0829. The zero-order valence-corrected chi connectivity index (χ0v) is 30.8. The molecule has 0 bridgehead atoms. The van der Waals surface area contributed by atoms with Crippen LogP contribution in [0.5, 0.6) is 40.2 Å². The predicted octanol–water partition coefficient (Wildman–Crippen LogP) is -3.93. The van der Waals surface area contributed by atoms with E-state index in [1.54, 1.807) is 0 Å². The fourth-order valence-electron chi connectivity index (χ4n) is 6.69. The molecule has 12 N–H and O–H groups in total. The number of aliphatic hydroxyl groups excluding tert-OH is 9. The second kappa shape index (κ2) is 17.5. The molecule has 2 aromatic carbocycles. The summed E-state index contributed by atoms with van der Waals surface area (Å²) in [4.78, 5) is 14.5. The molecular formula is C35H44O23. The predicted molar refractivity (Wildman–Crippen MR) is 186 cm³/mol. The van der Waals surface area contributed by atoms with Crippen LogP contribution in [0.1, 0.15) is 0 Å². The molecule has 3 fully saturated rings. The maximum Gasteiger partial charge on any atom is 0.239 e. The van der Waals surface area contributed by atoms with Gasteiger partial charge in [-0.2, -0.15) is 0 Å². The maximum atomic E-state index is 14.5. The number of aliphatic hydroxyl groups is 9. The van der Waals surface area contributed by atoms with Crippen LogP contribution in [-0.4, -0.2) is 188 Å². The Balaban J connectivity index is 1.44. The van der Waals surface area contributed by atoms with Gasteiger partial charge in [0.25, 0.3) is 0 Å². The molecule has 0 amide bonds. The molecule has 23 heteroatoms. The molecule has 14 unspecified atom stereocenters. The van der Waals surface area contributed by atoms with Crippen molar-refractivity contribution in [3.8, 4) is 51.6 Å². The second-order valence-electron chi connectivity index (χ2n) is 13.5. The largest absolute Gasteiger partial charge is 0.504 e. The van der Waals surface area contributed by atoms with Gasteiger partial charge in [-0.25, -0.2) is 0 Å². The van der Waals surface area contributed by atoms with Crippen LogP contribution in [-0.2, 0) is 23.7 Å². The van der Waals surface area contributed by atoms with Gasteiger partial charge in [-0.1, -0.05) is 0 Å². The van der Waals surface area contributed by atoms with Gasteiger partial charge in [-0.3, -0.25) is 4.79 Å². The van der Waals surface area contributed by atoms with Gasteiger partial charge in [0, 0.05) is 5.56 Å². The Morgan fingerprint density at radius 3 is 2.03 bits per heavy atom. The Kier molecular flexibility index (Phi) is 13.1. The summed E-state index contributed by atoms with van der Waals surface area (Å²) in [7, 11) is 3.43. The van der Waals surface area contributed by atoms with Crippen LogP contribution in [0, 0.1) is 0 Å². The molecular weight excluding hydrogens is 788 g/mol. The van der Waals surface area contributed by atoms with Crippen molar-refractivity contribution in [1.82, 2.24) is 0 Å². The van der Waals surface area contributed by atoms with Crippen LogP contribution in [0.3, 0.4) is 0 Å². The van der Waals surface area contributed by atoms with E-state index in [1.165, 1.54) is 25.3 Å². The molecule has 3 saturated heterocycles. The van der Waals surface area contributed by atoms with E-state index in [-0.39, 0.29) is 17.1 Å². The Bertz CT molecular complexity index is 1970. The number of methoxy groups -OCH3 is 3. The van der Waals surface area contributed by atoms with Crippen molar-refractivity contribution in [2.75, 3.05) is 41.2 Å². The Hall–Kier alpha value is -4.31. The van der Waals surface area contributed by atoms with E-state index in [1.807, 2.05) is 0 Å². The highest BCUT2D eigenvalue weighted by Gasteiger charge is 2.52. The standard InChI is InChI=1S/C35H44O23/c1-49-13-6-10(4-5-11(13)37)27-32(21(43)16-20(42)29(50-2)25(47)31(51-3)28(16)56-27)58-35-26(48)30(57-34-23(45)17(39)12(38)8-52-34)19(41)15(55-35)9-53-33-24(46)22(44)18(40)14(7-36)54-33/h4-6,12,14-15,17-19,22-24,26,30,33-42,44-48H,7-9H2,1-3H3. The molecule has 0 spiro atoms. The highest BCUT2D eigenvalue weighted by atomic mass is 16.7. The first-order valence-corrected chi connectivity index (χ1v) is 17.5. The highest BCUT2D eigenvalue weighted by molar-refractivity contribution is 5.96. The molecule has 4 heterocycles. The monoisotopic (exact) mass is 832 g/mol. The average Bonchev–Trinajstić information content (AvgIpc) is 3.20. The van der Waals surface area contributed by atoms with Gasteiger partial charge >= 0.3 is 0 Å². The average molecular weight is 833 g/mol. The maximum absolute atomic E-state index is 14.5. The topological polar surface area (TPSA) is 356 Å². The summed E-state index contributed by atoms with van der Waals surface area (Å²) in [5.41, 5.74) is -1.74. The summed E-state index contributed by atoms with van der Waals surface area (Å²) in [5, 5.41) is 126. The van der Waals surface area contributed by atoms with Crippen molar-refractivity contribution in [1.29, 1.82) is 0 Å². The number of benzene rings is 2. The summed E-state index contributed by atoms with van der Waals surface area (Å²) in [6.45, 7) is -2.15. The normalized spacial score (nSPS) is 34.1. The van der Waals surface area contributed by atoms with Crippen LogP contribution in [0.15, 0.2) is 27.4 Å². The number of fused-ring (bicyclic) bond motifs is 1. The number of hydrogen-bond donors (Lipinski definition) is 12. The number of ether oxygens (including phenoxy) is 9. The molecule has 58 heavy (non-hydrogen) atoms. The number of aromatic hydroxyl groups is 3. The number of hydrogen-bond acceptors (Lipinski definition) is 23. The summed E-state index contributed by atoms with van der Waals surface area (Å²) in [6, 6.07) is 3.65. The third-order valence-electron chi connectivity index (χ3n) is 9.90. The summed E-state index contributed by atoms with van der Waals surface area (Å²) in [6.07, 6.45) is -25.5. The summed E-state index contributed by atoms with van der Waals surface area (Å²) < 4.78 is 55.5. The van der Waals surface area contributed by atoms with E-state index < -0.39 is 157 Å². The van der Waals surface area contributed by atoms with Gasteiger partial charge < -0.3 is 108 Å². The molecule has 0 saturated carbocycles. The van der Waals surface area contributed by atoms with Crippen molar-refractivity contribution in [2.24, 2.45) is 0 Å². The van der Waals surface area contributed by atoms with Crippen LogP contribution in [0.4, 0.5) is 0 Å². The minimum absolute atomic E-state index is 0.0348. The molecule has 0 aliphatic carbocycles. The van der Waals surface area contributed by atoms with E-state index in [0.29, 0.717) is 0 Å². The first-order chi connectivity index (χ1) is 27.6. The van der Waals surface area contributed by atoms with Gasteiger partial charge in [0.2, 0.25) is 34.7 Å². The lowest BCUT2D eigenvalue weighted by Gasteiger charge is -2.45. The molecule has 23 nitrogen and oxygen atoms in total. The SMILES string of the molecule is COc1cc(-c2oc3c(OC)c(O)c(OC)c(O)c3c(=O)c2OC2OC(COC3OC(CO)C(O)C(O)C3O)C(O)C(OC3OCC(O)C(O)C3O)C2O)ccc1O. The van der Waals surface area contributed by atoms with Crippen molar-refractivity contribution in [2.45, 2.75) is 86.0 Å². The number of rotatable bonds is 12. The van der Waals surface area contributed by atoms with Crippen LogP contribution < -0.4 is 24.4 Å². The number of phenols is 3. The lowest BCUT2D eigenvalue weighted by Crippen LogP contribution is -2.64. The summed E-state index contributed by atoms with van der Waals surface area (Å²) >= 11 is 0. The van der Waals surface area contributed by atoms with Crippen molar-refractivity contribution in [3.63, 3.8) is 0 Å². The zero-order valence-electron chi connectivity index (χ0n) is 30.8. The molecule has 1 aromatic heterocycles. The Labute approximate surface area is 326 Å². The lowest BCUT2D eigenvalue weighted by molar-refractivity contribution is -0.349.